The zero-order valence-corrected chi connectivity index (χ0v) is 12.2. The first-order chi connectivity index (χ1) is 9.09. The second kappa shape index (κ2) is 4.85. The lowest BCUT2D eigenvalue weighted by Crippen LogP contribution is -2.30. The van der Waals surface area contributed by atoms with Crippen LogP contribution in [0, 0.1) is 0 Å². The molecule has 0 unspecified atom stereocenters. The predicted octanol–water partition coefficient (Wildman–Crippen LogP) is 3.71. The van der Waals surface area contributed by atoms with Gasteiger partial charge in [-0.3, -0.25) is 0 Å². The highest BCUT2D eigenvalue weighted by atomic mass is 79.9. The van der Waals surface area contributed by atoms with Crippen molar-refractivity contribution in [1.29, 1.82) is 0 Å². The minimum atomic E-state index is -4.44. The smallest absolute Gasteiger partial charge is 0.334 e. The van der Waals surface area contributed by atoms with E-state index in [1.165, 1.54) is 6.07 Å². The van der Waals surface area contributed by atoms with Gasteiger partial charge < -0.3 is 10.3 Å². The Labute approximate surface area is 121 Å². The van der Waals surface area contributed by atoms with Gasteiger partial charge in [-0.2, -0.15) is 18.2 Å². The minimum Gasteiger partial charge on any atom is -0.334 e. The number of alkyl halides is 3. The molecule has 0 aliphatic heterocycles. The molecule has 0 aliphatic rings. The maximum absolute atomic E-state index is 12.7. The molecule has 2 N–H and O–H groups in total. The molecule has 2 rings (SSSR count). The first-order valence-corrected chi connectivity index (χ1v) is 6.38. The number of hydrogen-bond acceptors (Lipinski definition) is 4. The first kappa shape index (κ1) is 15.0. The van der Waals surface area contributed by atoms with E-state index in [2.05, 4.69) is 26.1 Å². The van der Waals surface area contributed by atoms with Crippen molar-refractivity contribution >= 4 is 15.9 Å². The standard InChI is InChI=1S/C12H11BrF3N3O/c1-11(2,17)10-18-9(20-19-10)7-5-6(12(14,15)16)3-4-8(7)13/h3-5H,17H2,1-2H3. The number of halogens is 4. The van der Waals surface area contributed by atoms with Crippen LogP contribution in [0.4, 0.5) is 13.2 Å². The molecule has 8 heteroatoms. The fourth-order valence-corrected chi connectivity index (χ4v) is 1.88. The molecule has 1 aromatic carbocycles. The van der Waals surface area contributed by atoms with E-state index in [4.69, 9.17) is 10.3 Å². The van der Waals surface area contributed by atoms with E-state index in [1.54, 1.807) is 13.8 Å². The average Bonchev–Trinajstić information content (AvgIpc) is 2.76. The van der Waals surface area contributed by atoms with Gasteiger partial charge in [0.25, 0.3) is 5.89 Å². The van der Waals surface area contributed by atoms with Crippen molar-refractivity contribution < 1.29 is 17.7 Å². The molecule has 1 aromatic heterocycles. The van der Waals surface area contributed by atoms with Crippen molar-refractivity contribution in [3.05, 3.63) is 34.1 Å². The van der Waals surface area contributed by atoms with Gasteiger partial charge in [-0.25, -0.2) is 0 Å². The van der Waals surface area contributed by atoms with E-state index in [9.17, 15) is 13.2 Å². The van der Waals surface area contributed by atoms with Crippen LogP contribution in [0.2, 0.25) is 0 Å². The summed E-state index contributed by atoms with van der Waals surface area (Å²) in [6.45, 7) is 3.34. The van der Waals surface area contributed by atoms with Crippen LogP contribution in [0.15, 0.2) is 27.2 Å². The summed E-state index contributed by atoms with van der Waals surface area (Å²) in [4.78, 5) is 4.04. The molecule has 0 radical (unpaired) electrons. The zero-order valence-electron chi connectivity index (χ0n) is 10.6. The van der Waals surface area contributed by atoms with Crippen molar-refractivity contribution in [1.82, 2.24) is 10.1 Å². The van der Waals surface area contributed by atoms with E-state index in [1.807, 2.05) is 0 Å². The van der Waals surface area contributed by atoms with Crippen LogP contribution >= 0.6 is 15.9 Å². The van der Waals surface area contributed by atoms with Gasteiger partial charge in [0, 0.05) is 4.47 Å². The Balaban J connectivity index is 2.50. The lowest BCUT2D eigenvalue weighted by atomic mass is 10.1. The second-order valence-electron chi connectivity index (χ2n) is 4.84. The maximum Gasteiger partial charge on any atom is 0.416 e. The maximum atomic E-state index is 12.7. The van der Waals surface area contributed by atoms with E-state index in [-0.39, 0.29) is 17.3 Å². The topological polar surface area (TPSA) is 64.9 Å². The van der Waals surface area contributed by atoms with Crippen molar-refractivity contribution in [2.75, 3.05) is 0 Å². The number of hydrogen-bond donors (Lipinski definition) is 1. The molecule has 0 amide bonds. The Bertz CT molecular complexity index is 632. The van der Waals surface area contributed by atoms with Crippen LogP contribution in [0.25, 0.3) is 11.5 Å². The lowest BCUT2D eigenvalue weighted by Gasteiger charge is -2.11. The van der Waals surface area contributed by atoms with Gasteiger partial charge in [-0.1, -0.05) is 5.16 Å². The van der Waals surface area contributed by atoms with Gasteiger partial charge in [0.1, 0.15) is 0 Å². The third kappa shape index (κ3) is 3.01. The van der Waals surface area contributed by atoms with Crippen molar-refractivity contribution in [2.24, 2.45) is 5.73 Å². The van der Waals surface area contributed by atoms with Crippen LogP contribution in [0.5, 0.6) is 0 Å². The Morgan fingerprint density at radius 3 is 2.40 bits per heavy atom. The average molecular weight is 350 g/mol. The van der Waals surface area contributed by atoms with Gasteiger partial charge >= 0.3 is 6.18 Å². The summed E-state index contributed by atoms with van der Waals surface area (Å²) in [5.41, 5.74) is 4.35. The van der Waals surface area contributed by atoms with E-state index in [0.717, 1.165) is 12.1 Å². The molecule has 0 bridgehead atoms. The fraction of sp³-hybridized carbons (Fsp3) is 0.333. The molecule has 20 heavy (non-hydrogen) atoms. The Kier molecular flexibility index (Phi) is 3.64. The zero-order chi connectivity index (χ0) is 15.1. The Hall–Kier alpha value is -1.41. The molecule has 0 fully saturated rings. The molecule has 4 nitrogen and oxygen atoms in total. The number of aromatic nitrogens is 2. The molecule has 0 spiro atoms. The second-order valence-corrected chi connectivity index (χ2v) is 5.69. The van der Waals surface area contributed by atoms with E-state index >= 15 is 0 Å². The van der Waals surface area contributed by atoms with Gasteiger partial charge in [-0.15, -0.1) is 0 Å². The van der Waals surface area contributed by atoms with Crippen molar-refractivity contribution in [3.63, 3.8) is 0 Å². The fourth-order valence-electron chi connectivity index (χ4n) is 1.46. The number of benzene rings is 1. The van der Waals surface area contributed by atoms with E-state index in [0.29, 0.717) is 4.47 Å². The highest BCUT2D eigenvalue weighted by molar-refractivity contribution is 9.10. The predicted molar refractivity (Wildman–Crippen MR) is 69.6 cm³/mol. The third-order valence-electron chi connectivity index (χ3n) is 2.53. The van der Waals surface area contributed by atoms with Crippen LogP contribution in [0.3, 0.4) is 0 Å². The monoisotopic (exact) mass is 349 g/mol. The third-order valence-corrected chi connectivity index (χ3v) is 3.22. The lowest BCUT2D eigenvalue weighted by molar-refractivity contribution is -0.137. The molecule has 1 heterocycles. The van der Waals surface area contributed by atoms with Gasteiger partial charge in [0.2, 0.25) is 0 Å². The molecule has 108 valence electrons. The largest absolute Gasteiger partial charge is 0.416 e. The number of nitrogens with two attached hydrogens (primary N) is 1. The van der Waals surface area contributed by atoms with Gasteiger partial charge in [-0.05, 0) is 48.0 Å². The Morgan fingerprint density at radius 1 is 1.25 bits per heavy atom. The summed E-state index contributed by atoms with van der Waals surface area (Å²) in [6, 6.07) is 3.21. The van der Waals surface area contributed by atoms with Gasteiger partial charge in [0.05, 0.1) is 16.7 Å². The van der Waals surface area contributed by atoms with Crippen molar-refractivity contribution in [3.8, 4) is 11.5 Å². The normalized spacial score (nSPS) is 12.8. The summed E-state index contributed by atoms with van der Waals surface area (Å²) in [5, 5.41) is 3.68. The molecular weight excluding hydrogens is 339 g/mol. The van der Waals surface area contributed by atoms with Crippen molar-refractivity contribution in [2.45, 2.75) is 25.6 Å². The van der Waals surface area contributed by atoms with Crippen LogP contribution in [-0.4, -0.2) is 10.1 Å². The first-order valence-electron chi connectivity index (χ1n) is 5.59. The van der Waals surface area contributed by atoms with E-state index < -0.39 is 17.3 Å². The molecule has 0 aliphatic carbocycles. The van der Waals surface area contributed by atoms with Crippen LogP contribution in [0.1, 0.15) is 25.2 Å². The number of rotatable bonds is 2. The summed E-state index contributed by atoms with van der Waals surface area (Å²) in [6.07, 6.45) is -4.44. The van der Waals surface area contributed by atoms with Gasteiger partial charge in [0.15, 0.2) is 5.82 Å². The quantitative estimate of drug-likeness (QED) is 0.897. The highest BCUT2D eigenvalue weighted by Gasteiger charge is 2.32. The molecular formula is C12H11BrF3N3O. The summed E-state index contributed by atoms with van der Waals surface area (Å²) >= 11 is 3.17. The molecule has 2 aromatic rings. The summed E-state index contributed by atoms with van der Waals surface area (Å²) in [7, 11) is 0. The minimum absolute atomic E-state index is 0.0171. The molecule has 0 atom stereocenters. The number of nitrogens with zero attached hydrogens (tertiary/aromatic N) is 2. The Morgan fingerprint density at radius 2 is 1.90 bits per heavy atom. The van der Waals surface area contributed by atoms with Crippen LogP contribution < -0.4 is 5.73 Å². The molecule has 0 saturated carbocycles. The SMILES string of the molecule is CC(C)(N)c1noc(-c2cc(C(F)(F)F)ccc2Br)n1. The summed E-state index contributed by atoms with van der Waals surface area (Å²) < 4.78 is 43.5. The van der Waals surface area contributed by atoms with Crippen LogP contribution in [-0.2, 0) is 11.7 Å². The highest BCUT2D eigenvalue weighted by Crippen LogP contribution is 2.35. The molecule has 0 saturated heterocycles. The summed E-state index contributed by atoms with van der Waals surface area (Å²) in [5.74, 6) is 0.202.